The minimum Gasteiger partial charge on any atom is -0.441 e. The average Bonchev–Trinajstić information content (AvgIpc) is 3.17. The Hall–Kier alpha value is -2.14. The van der Waals surface area contributed by atoms with Crippen LogP contribution < -0.4 is 10.6 Å². The predicted molar refractivity (Wildman–Crippen MR) is 85.2 cm³/mol. The van der Waals surface area contributed by atoms with Crippen molar-refractivity contribution in [2.75, 3.05) is 19.8 Å². The second kappa shape index (κ2) is 7.62. The van der Waals surface area contributed by atoms with Crippen molar-refractivity contribution in [1.82, 2.24) is 10.6 Å². The molecule has 0 aromatic heterocycles. The van der Waals surface area contributed by atoms with Crippen LogP contribution in [0.25, 0.3) is 0 Å². The van der Waals surface area contributed by atoms with Crippen molar-refractivity contribution < 1.29 is 19.0 Å². The third-order valence-corrected chi connectivity index (χ3v) is 4.21. The van der Waals surface area contributed by atoms with E-state index in [2.05, 4.69) is 16.7 Å². The molecule has 0 aliphatic carbocycles. The number of hydrogen-bond acceptors (Lipinski definition) is 6. The number of hydrogen-bond donors (Lipinski definition) is 2. The third kappa shape index (κ3) is 3.67. The molecule has 1 aromatic rings. The Balaban J connectivity index is 1.53. The van der Waals surface area contributed by atoms with E-state index >= 15 is 0 Å². The number of fused-ring (bicyclic) bond motifs is 1. The van der Waals surface area contributed by atoms with Crippen molar-refractivity contribution >= 4 is 6.09 Å². The molecule has 0 radical (unpaired) electrons. The molecule has 7 nitrogen and oxygen atoms in total. The van der Waals surface area contributed by atoms with Crippen molar-refractivity contribution in [1.29, 1.82) is 5.26 Å². The molecule has 2 N–H and O–H groups in total. The normalized spacial score (nSPS) is 28.2. The molecule has 2 aliphatic rings. The molecule has 7 heteroatoms. The summed E-state index contributed by atoms with van der Waals surface area (Å²) in [5.74, 6) is 0. The molecule has 24 heavy (non-hydrogen) atoms. The van der Waals surface area contributed by atoms with E-state index in [9.17, 15) is 4.79 Å². The second-order valence-corrected chi connectivity index (χ2v) is 5.87. The second-order valence-electron chi connectivity index (χ2n) is 5.87. The minimum atomic E-state index is -0.444. The maximum atomic E-state index is 11.6. The molecule has 0 unspecified atom stereocenters. The Labute approximate surface area is 140 Å². The number of nitriles is 1. The Morgan fingerprint density at radius 1 is 1.38 bits per heavy atom. The van der Waals surface area contributed by atoms with Gasteiger partial charge in [0.25, 0.3) is 0 Å². The van der Waals surface area contributed by atoms with Crippen LogP contribution in [-0.2, 0) is 20.8 Å². The fraction of sp³-hybridized carbons (Fsp3) is 0.529. The molecule has 0 spiro atoms. The summed E-state index contributed by atoms with van der Waals surface area (Å²) in [6.45, 7) is 3.82. The monoisotopic (exact) mass is 331 g/mol. The zero-order valence-electron chi connectivity index (χ0n) is 13.5. The van der Waals surface area contributed by atoms with Crippen LogP contribution in [0.15, 0.2) is 24.3 Å². The lowest BCUT2D eigenvalue weighted by molar-refractivity contribution is 0.00400. The molecule has 1 aromatic carbocycles. The lowest BCUT2D eigenvalue weighted by atomic mass is 10.1. The molecule has 0 bridgehead atoms. The van der Waals surface area contributed by atoms with Gasteiger partial charge in [-0.05, 0) is 24.6 Å². The molecule has 2 saturated heterocycles. The quantitative estimate of drug-likeness (QED) is 0.834. The van der Waals surface area contributed by atoms with Crippen LogP contribution in [0.4, 0.5) is 4.79 Å². The molecule has 128 valence electrons. The van der Waals surface area contributed by atoms with Crippen LogP contribution in [0.1, 0.15) is 18.1 Å². The van der Waals surface area contributed by atoms with Crippen molar-refractivity contribution in [3.63, 3.8) is 0 Å². The van der Waals surface area contributed by atoms with Gasteiger partial charge in [-0.1, -0.05) is 12.1 Å². The van der Waals surface area contributed by atoms with Gasteiger partial charge in [0.1, 0.15) is 12.2 Å². The Kier molecular flexibility index (Phi) is 5.30. The minimum absolute atomic E-state index is 0.0311. The lowest BCUT2D eigenvalue weighted by Gasteiger charge is -2.18. The van der Waals surface area contributed by atoms with Gasteiger partial charge in [0.2, 0.25) is 0 Å². The number of nitrogens with zero attached hydrogens (tertiary/aromatic N) is 1. The lowest BCUT2D eigenvalue weighted by Crippen LogP contribution is -2.41. The molecule has 4 atom stereocenters. The van der Waals surface area contributed by atoms with E-state index in [1.54, 1.807) is 6.07 Å². The fourth-order valence-electron chi connectivity index (χ4n) is 3.06. The van der Waals surface area contributed by atoms with Gasteiger partial charge in [0.05, 0.1) is 30.9 Å². The third-order valence-electron chi connectivity index (χ3n) is 4.21. The highest BCUT2D eigenvalue weighted by molar-refractivity contribution is 5.67. The Morgan fingerprint density at radius 3 is 3.00 bits per heavy atom. The van der Waals surface area contributed by atoms with Gasteiger partial charge in [0.15, 0.2) is 6.10 Å². The first-order valence-electron chi connectivity index (χ1n) is 8.11. The van der Waals surface area contributed by atoms with Gasteiger partial charge in [-0.15, -0.1) is 0 Å². The van der Waals surface area contributed by atoms with E-state index in [1.165, 1.54) is 0 Å². The van der Waals surface area contributed by atoms with E-state index in [4.69, 9.17) is 19.5 Å². The zero-order chi connectivity index (χ0) is 16.9. The van der Waals surface area contributed by atoms with Crippen LogP contribution >= 0.6 is 0 Å². The van der Waals surface area contributed by atoms with Gasteiger partial charge >= 0.3 is 6.09 Å². The summed E-state index contributed by atoms with van der Waals surface area (Å²) in [4.78, 5) is 11.6. The number of amides is 1. The number of carbonyl (C=O) groups excluding carboxylic acids is 1. The van der Waals surface area contributed by atoms with Gasteiger partial charge in [-0.2, -0.15) is 5.26 Å². The molecule has 2 aliphatic heterocycles. The summed E-state index contributed by atoms with van der Waals surface area (Å²) in [7, 11) is 0. The number of nitrogens with one attached hydrogen (secondary N) is 2. The van der Waals surface area contributed by atoms with E-state index in [0.717, 1.165) is 5.56 Å². The number of alkyl carbamates (subject to hydrolysis) is 1. The summed E-state index contributed by atoms with van der Waals surface area (Å²) in [6.07, 6.45) is -1.20. The van der Waals surface area contributed by atoms with Gasteiger partial charge < -0.3 is 24.8 Å². The molecule has 0 saturated carbocycles. The summed E-state index contributed by atoms with van der Waals surface area (Å²) in [5, 5.41) is 15.0. The van der Waals surface area contributed by atoms with Gasteiger partial charge in [0, 0.05) is 13.1 Å². The molecule has 1 amide bonds. The molecule has 3 rings (SSSR count). The standard InChI is InChI=1S/C17H21N3O4/c1-2-19-17(21)24-14-10-23-15-13(9-22-16(14)15)20-8-12-5-3-4-11(6-12)7-18/h3-6,13-16,20H,2,8-10H2,1H3,(H,19,21)/t13-,14-,15-,16+/m0/s1. The maximum absolute atomic E-state index is 11.6. The smallest absolute Gasteiger partial charge is 0.407 e. The molecular formula is C17H21N3O4. The summed E-state index contributed by atoms with van der Waals surface area (Å²) >= 11 is 0. The van der Waals surface area contributed by atoms with Crippen molar-refractivity contribution in [2.24, 2.45) is 0 Å². The van der Waals surface area contributed by atoms with Crippen molar-refractivity contribution in [3.8, 4) is 6.07 Å². The number of rotatable bonds is 5. The summed E-state index contributed by atoms with van der Waals surface area (Å²) in [6, 6.07) is 9.64. The van der Waals surface area contributed by atoms with Crippen LogP contribution in [0.3, 0.4) is 0 Å². The van der Waals surface area contributed by atoms with Crippen molar-refractivity contribution in [2.45, 2.75) is 37.8 Å². The van der Waals surface area contributed by atoms with E-state index < -0.39 is 6.09 Å². The zero-order valence-corrected chi connectivity index (χ0v) is 13.5. The highest BCUT2D eigenvalue weighted by Gasteiger charge is 2.49. The first-order chi connectivity index (χ1) is 11.7. The maximum Gasteiger partial charge on any atom is 0.407 e. The van der Waals surface area contributed by atoms with Crippen molar-refractivity contribution in [3.05, 3.63) is 35.4 Å². The van der Waals surface area contributed by atoms with Crippen LogP contribution in [0.5, 0.6) is 0 Å². The van der Waals surface area contributed by atoms with E-state index in [0.29, 0.717) is 31.9 Å². The number of carbonyl (C=O) groups is 1. The highest BCUT2D eigenvalue weighted by Crippen LogP contribution is 2.29. The first-order valence-corrected chi connectivity index (χ1v) is 8.11. The summed E-state index contributed by atoms with van der Waals surface area (Å²) < 4.78 is 16.9. The first kappa shape index (κ1) is 16.7. The molecular weight excluding hydrogens is 310 g/mol. The van der Waals surface area contributed by atoms with Gasteiger partial charge in [-0.3, -0.25) is 0 Å². The van der Waals surface area contributed by atoms with Crippen LogP contribution in [0, 0.1) is 11.3 Å². The fourth-order valence-corrected chi connectivity index (χ4v) is 3.06. The topological polar surface area (TPSA) is 92.6 Å². The predicted octanol–water partition coefficient (Wildman–Crippen LogP) is 0.929. The van der Waals surface area contributed by atoms with Crippen LogP contribution in [-0.4, -0.2) is 50.2 Å². The number of benzene rings is 1. The largest absolute Gasteiger partial charge is 0.441 e. The van der Waals surface area contributed by atoms with Gasteiger partial charge in [-0.25, -0.2) is 4.79 Å². The highest BCUT2D eigenvalue weighted by atomic mass is 16.6. The Morgan fingerprint density at radius 2 is 2.21 bits per heavy atom. The van der Waals surface area contributed by atoms with Crippen LogP contribution in [0.2, 0.25) is 0 Å². The van der Waals surface area contributed by atoms with E-state index in [1.807, 2.05) is 25.1 Å². The SMILES string of the molecule is CCNC(=O)O[C@H]1CO[C@@H]2[C@@H]1OC[C@@H]2NCc1cccc(C#N)c1. The average molecular weight is 331 g/mol. The summed E-state index contributed by atoms with van der Waals surface area (Å²) in [5.41, 5.74) is 1.67. The molecule has 2 heterocycles. The number of ether oxygens (including phenoxy) is 3. The Bertz CT molecular complexity index is 631. The van der Waals surface area contributed by atoms with E-state index in [-0.39, 0.29) is 24.4 Å². The molecule has 2 fully saturated rings.